The Morgan fingerprint density at radius 2 is 1.75 bits per heavy atom. The number of aryl methyl sites for hydroxylation is 1. The van der Waals surface area contributed by atoms with Crippen LogP contribution in [0.4, 0.5) is 24.5 Å². The fraction of sp³-hybridized carbons (Fsp3) is 0.484. The Bertz CT molecular complexity index is 1350. The van der Waals surface area contributed by atoms with Gasteiger partial charge >= 0.3 is 6.18 Å². The molecule has 0 unspecified atom stereocenters. The Hall–Kier alpha value is -2.80. The highest BCUT2D eigenvalue weighted by Crippen LogP contribution is 2.34. The van der Waals surface area contributed by atoms with E-state index in [1.54, 1.807) is 17.8 Å². The zero-order valence-corrected chi connectivity index (χ0v) is 23.9. The first-order valence-electron chi connectivity index (χ1n) is 14.0. The number of nitrogens with zero attached hydrogens (tertiary/aromatic N) is 2. The first-order chi connectivity index (χ1) is 19.3. The zero-order chi connectivity index (χ0) is 28.1. The molecule has 0 atom stereocenters. The van der Waals surface area contributed by atoms with Crippen molar-refractivity contribution in [3.63, 3.8) is 0 Å². The Morgan fingerprint density at radius 1 is 1.02 bits per heavy atom. The van der Waals surface area contributed by atoms with E-state index in [1.165, 1.54) is 4.57 Å². The van der Waals surface area contributed by atoms with Gasteiger partial charge in [0.15, 0.2) is 0 Å². The van der Waals surface area contributed by atoms with E-state index in [0.717, 1.165) is 79.2 Å². The van der Waals surface area contributed by atoms with Gasteiger partial charge in [0.05, 0.1) is 17.8 Å². The van der Waals surface area contributed by atoms with Gasteiger partial charge in [0.25, 0.3) is 0 Å². The molecule has 0 aliphatic carbocycles. The summed E-state index contributed by atoms with van der Waals surface area (Å²) in [6, 6.07) is 14.4. The fourth-order valence-corrected chi connectivity index (χ4v) is 6.15. The summed E-state index contributed by atoms with van der Waals surface area (Å²) in [6.45, 7) is 5.00. The molecule has 3 aromatic rings. The summed E-state index contributed by atoms with van der Waals surface area (Å²) in [5, 5.41) is 7.73. The van der Waals surface area contributed by atoms with E-state index in [-0.39, 0.29) is 6.04 Å². The first-order valence-corrected chi connectivity index (χ1v) is 15.2. The van der Waals surface area contributed by atoms with Gasteiger partial charge in [-0.15, -0.1) is 11.8 Å². The van der Waals surface area contributed by atoms with Crippen molar-refractivity contribution >= 4 is 34.0 Å². The van der Waals surface area contributed by atoms with Crippen molar-refractivity contribution in [1.29, 1.82) is 0 Å². The Kier molecular flexibility index (Phi) is 9.19. The SMILES string of the molecule is CSc1ccc(NCC#Cc2cc3c(NC4CCN(C5CCOCC5)CC4)c(C)ccc3n2CC(F)(F)F)cc1. The van der Waals surface area contributed by atoms with Gasteiger partial charge in [-0.3, -0.25) is 0 Å². The van der Waals surface area contributed by atoms with Gasteiger partial charge in [0.1, 0.15) is 6.54 Å². The van der Waals surface area contributed by atoms with Crippen molar-refractivity contribution in [3.05, 3.63) is 53.7 Å². The minimum absolute atomic E-state index is 0.280. The molecule has 2 fully saturated rings. The topological polar surface area (TPSA) is 41.5 Å². The van der Waals surface area contributed by atoms with E-state index in [1.807, 2.05) is 49.6 Å². The van der Waals surface area contributed by atoms with Gasteiger partial charge in [-0.2, -0.15) is 13.2 Å². The molecule has 0 amide bonds. The quantitative estimate of drug-likeness (QED) is 0.243. The number of alkyl halides is 3. The second-order valence-electron chi connectivity index (χ2n) is 10.6. The van der Waals surface area contributed by atoms with Crippen LogP contribution in [0.2, 0.25) is 0 Å². The molecule has 40 heavy (non-hydrogen) atoms. The van der Waals surface area contributed by atoms with E-state index >= 15 is 0 Å². The number of halogens is 3. The number of anilines is 2. The predicted octanol–water partition coefficient (Wildman–Crippen LogP) is 6.75. The molecule has 9 heteroatoms. The lowest BCUT2D eigenvalue weighted by atomic mass is 9.98. The molecule has 2 saturated heterocycles. The fourth-order valence-electron chi connectivity index (χ4n) is 5.74. The summed E-state index contributed by atoms with van der Waals surface area (Å²) in [4.78, 5) is 3.74. The molecule has 0 bridgehead atoms. The third-order valence-electron chi connectivity index (χ3n) is 7.90. The van der Waals surface area contributed by atoms with Crippen LogP contribution >= 0.6 is 11.8 Å². The van der Waals surface area contributed by atoms with Crippen LogP contribution in [0.25, 0.3) is 10.9 Å². The third kappa shape index (κ3) is 7.09. The molecular formula is C31H37F3N4OS. The van der Waals surface area contributed by atoms with E-state index in [2.05, 4.69) is 27.4 Å². The lowest BCUT2D eigenvalue weighted by Crippen LogP contribution is -2.46. The van der Waals surface area contributed by atoms with Crippen LogP contribution in [0.3, 0.4) is 0 Å². The number of rotatable bonds is 7. The Morgan fingerprint density at radius 3 is 2.42 bits per heavy atom. The van der Waals surface area contributed by atoms with Gasteiger partial charge < -0.3 is 24.8 Å². The first kappa shape index (κ1) is 28.7. The van der Waals surface area contributed by atoms with Crippen LogP contribution in [0.5, 0.6) is 0 Å². The summed E-state index contributed by atoms with van der Waals surface area (Å²) in [6.07, 6.45) is 1.86. The van der Waals surface area contributed by atoms with Gasteiger partial charge in [-0.25, -0.2) is 0 Å². The number of ether oxygens (including phenoxy) is 1. The average Bonchev–Trinajstić information content (AvgIpc) is 3.29. The summed E-state index contributed by atoms with van der Waals surface area (Å²) < 4.78 is 47.7. The van der Waals surface area contributed by atoms with Crippen LogP contribution in [0.15, 0.2) is 47.4 Å². The van der Waals surface area contributed by atoms with E-state index in [4.69, 9.17) is 4.74 Å². The number of aromatic nitrogens is 1. The largest absolute Gasteiger partial charge is 0.406 e. The molecule has 0 radical (unpaired) electrons. The van der Waals surface area contributed by atoms with Crippen molar-refractivity contribution in [2.45, 2.75) is 62.3 Å². The maximum absolute atomic E-state index is 13.6. The number of likely N-dealkylation sites (tertiary alicyclic amines) is 1. The van der Waals surface area contributed by atoms with Gasteiger partial charge in [0.2, 0.25) is 0 Å². The molecule has 214 valence electrons. The molecule has 0 saturated carbocycles. The number of hydrogen-bond donors (Lipinski definition) is 2. The number of piperidine rings is 1. The summed E-state index contributed by atoms with van der Waals surface area (Å²) in [5.41, 5.74) is 3.79. The van der Waals surface area contributed by atoms with E-state index in [9.17, 15) is 13.2 Å². The smallest absolute Gasteiger partial charge is 0.381 e. The van der Waals surface area contributed by atoms with Crippen molar-refractivity contribution in [2.24, 2.45) is 0 Å². The van der Waals surface area contributed by atoms with E-state index in [0.29, 0.717) is 23.8 Å². The molecule has 0 spiro atoms. The van der Waals surface area contributed by atoms with Gasteiger partial charge in [-0.1, -0.05) is 12.0 Å². The second-order valence-corrected chi connectivity index (χ2v) is 11.5. The highest BCUT2D eigenvalue weighted by molar-refractivity contribution is 7.98. The molecule has 5 rings (SSSR count). The van der Waals surface area contributed by atoms with Crippen LogP contribution < -0.4 is 10.6 Å². The zero-order valence-electron chi connectivity index (χ0n) is 23.1. The number of benzene rings is 2. The van der Waals surface area contributed by atoms with E-state index < -0.39 is 12.7 Å². The average molecular weight is 571 g/mol. The summed E-state index contributed by atoms with van der Waals surface area (Å²) in [7, 11) is 0. The molecule has 5 nitrogen and oxygen atoms in total. The molecule has 2 aromatic carbocycles. The Balaban J connectivity index is 1.34. The maximum Gasteiger partial charge on any atom is 0.406 e. The lowest BCUT2D eigenvalue weighted by molar-refractivity contribution is -0.140. The Labute approximate surface area is 238 Å². The molecule has 2 N–H and O–H groups in total. The second kappa shape index (κ2) is 12.8. The number of fused-ring (bicyclic) bond motifs is 1. The maximum atomic E-state index is 13.6. The summed E-state index contributed by atoms with van der Waals surface area (Å²) in [5.74, 6) is 6.04. The minimum atomic E-state index is -4.35. The number of thioether (sulfide) groups is 1. The van der Waals surface area contributed by atoms with Crippen molar-refractivity contribution < 1.29 is 17.9 Å². The number of hydrogen-bond acceptors (Lipinski definition) is 5. The third-order valence-corrected chi connectivity index (χ3v) is 8.65. The standard InChI is InChI=1S/C31H37F3N4OS/c1-22-5-10-29-28(30(22)36-24-11-16-37(17-12-24)25-13-18-39-19-14-25)20-26(38(29)21-31(32,33)34)4-3-15-35-23-6-8-27(40-2)9-7-23/h5-10,20,24-25,35-36H,11-19,21H2,1-2H3. The van der Waals surface area contributed by atoms with Crippen LogP contribution in [0, 0.1) is 18.8 Å². The molecular weight excluding hydrogens is 533 g/mol. The molecule has 1 aromatic heterocycles. The summed E-state index contributed by atoms with van der Waals surface area (Å²) >= 11 is 1.67. The van der Waals surface area contributed by atoms with Gasteiger partial charge in [-0.05, 0) is 86.7 Å². The number of nitrogens with one attached hydrogen (secondary N) is 2. The van der Waals surface area contributed by atoms with Crippen molar-refractivity contribution in [2.75, 3.05) is 49.7 Å². The van der Waals surface area contributed by atoms with Crippen molar-refractivity contribution in [3.8, 4) is 11.8 Å². The van der Waals surface area contributed by atoms with Crippen LogP contribution in [0.1, 0.15) is 36.9 Å². The predicted molar refractivity (Wildman–Crippen MR) is 158 cm³/mol. The van der Waals surface area contributed by atoms with Crippen LogP contribution in [-0.4, -0.2) is 66.8 Å². The monoisotopic (exact) mass is 570 g/mol. The highest BCUT2D eigenvalue weighted by Gasteiger charge is 2.31. The van der Waals surface area contributed by atoms with Crippen molar-refractivity contribution in [1.82, 2.24) is 9.47 Å². The molecule has 2 aliphatic rings. The minimum Gasteiger partial charge on any atom is -0.381 e. The highest BCUT2D eigenvalue weighted by atomic mass is 32.2. The van der Waals surface area contributed by atoms with Gasteiger partial charge in [0, 0.05) is 60.0 Å². The van der Waals surface area contributed by atoms with Crippen LogP contribution in [-0.2, 0) is 11.3 Å². The molecule has 3 heterocycles. The normalized spacial score (nSPS) is 17.5. The lowest BCUT2D eigenvalue weighted by Gasteiger charge is -2.39. The molecule has 2 aliphatic heterocycles.